The molecule has 0 bridgehead atoms. The fraction of sp³-hybridized carbons (Fsp3) is 1.00. The number of alkyl halides is 3. The van der Waals surface area contributed by atoms with E-state index in [0.29, 0.717) is 0 Å². The summed E-state index contributed by atoms with van der Waals surface area (Å²) in [5.74, 6) is 0. The maximum atomic E-state index is 10.5. The zero-order chi connectivity index (χ0) is 5.21. The summed E-state index contributed by atoms with van der Waals surface area (Å²) in [6.07, 6.45) is -4.40. The van der Waals surface area contributed by atoms with Gasteiger partial charge in [0, 0.05) is 0 Å². The molecule has 0 heterocycles. The van der Waals surface area contributed by atoms with E-state index in [1.54, 1.807) is 0 Å². The SMILES string of the molecule is OCC(F)(F)F.[CaH2]. The van der Waals surface area contributed by atoms with Crippen LogP contribution in [0.3, 0.4) is 0 Å². The van der Waals surface area contributed by atoms with Crippen molar-refractivity contribution in [3.8, 4) is 0 Å². The van der Waals surface area contributed by atoms with Gasteiger partial charge in [-0.25, -0.2) is 0 Å². The van der Waals surface area contributed by atoms with Gasteiger partial charge < -0.3 is 5.11 Å². The van der Waals surface area contributed by atoms with Gasteiger partial charge in [0.2, 0.25) is 0 Å². The molecular weight excluding hydrogens is 137 g/mol. The predicted molar refractivity (Wildman–Crippen MR) is 21.7 cm³/mol. The number of rotatable bonds is 0. The Kier molecular flexibility index (Phi) is 6.14. The van der Waals surface area contributed by atoms with Gasteiger partial charge in [0.1, 0.15) is 6.61 Å². The molecule has 0 aromatic heterocycles. The standard InChI is InChI=1S/C2H3F3O.Ca.2H/c3-2(4,5)1-6;;;/h6H,1H2;;;. The van der Waals surface area contributed by atoms with Crippen LogP contribution in [0.1, 0.15) is 0 Å². The monoisotopic (exact) mass is 142 g/mol. The number of hydrogen-bond acceptors (Lipinski definition) is 1. The molecule has 0 fully saturated rings. The van der Waals surface area contributed by atoms with E-state index in [0.717, 1.165) is 0 Å². The summed E-state index contributed by atoms with van der Waals surface area (Å²) < 4.78 is 31.6. The van der Waals surface area contributed by atoms with Crippen LogP contribution in [-0.4, -0.2) is 55.6 Å². The Labute approximate surface area is 68.5 Å². The Hall–Kier alpha value is 1.01. The molecule has 0 atom stereocenters. The average molecular weight is 142 g/mol. The second kappa shape index (κ2) is 3.95. The van der Waals surface area contributed by atoms with E-state index in [9.17, 15) is 13.2 Å². The number of aliphatic hydroxyl groups excluding tert-OH is 1. The van der Waals surface area contributed by atoms with Crippen molar-refractivity contribution in [2.75, 3.05) is 6.61 Å². The van der Waals surface area contributed by atoms with Crippen molar-refractivity contribution >= 4 is 37.7 Å². The van der Waals surface area contributed by atoms with Gasteiger partial charge in [-0.2, -0.15) is 13.2 Å². The first-order chi connectivity index (χ1) is 2.56. The third kappa shape index (κ3) is 10.9. The van der Waals surface area contributed by atoms with E-state index < -0.39 is 12.8 Å². The van der Waals surface area contributed by atoms with Gasteiger partial charge in [-0.1, -0.05) is 0 Å². The Morgan fingerprint density at radius 2 is 1.43 bits per heavy atom. The van der Waals surface area contributed by atoms with Crippen LogP contribution < -0.4 is 0 Å². The zero-order valence-corrected chi connectivity index (χ0v) is 2.79. The third-order valence-corrected chi connectivity index (χ3v) is 0.179. The van der Waals surface area contributed by atoms with E-state index in [2.05, 4.69) is 0 Å². The van der Waals surface area contributed by atoms with Crippen LogP contribution in [-0.2, 0) is 0 Å². The molecule has 0 rings (SSSR count). The first-order valence-corrected chi connectivity index (χ1v) is 1.24. The third-order valence-electron chi connectivity index (χ3n) is 0.179. The van der Waals surface area contributed by atoms with Crippen molar-refractivity contribution in [3.05, 3.63) is 0 Å². The summed E-state index contributed by atoms with van der Waals surface area (Å²) in [6.45, 7) is -1.73. The summed E-state index contributed by atoms with van der Waals surface area (Å²) in [5, 5.41) is 7.28. The van der Waals surface area contributed by atoms with Gasteiger partial charge in [-0.05, 0) is 0 Å². The Bertz CT molecular complexity index is 42.7. The van der Waals surface area contributed by atoms with Crippen LogP contribution in [0.2, 0.25) is 0 Å². The molecule has 1 nitrogen and oxygen atoms in total. The molecule has 0 aromatic carbocycles. The molecule has 42 valence electrons. The molecular formula is C2H5CaF3O. The molecule has 0 saturated carbocycles. The second-order valence-electron chi connectivity index (χ2n) is 0.773. The number of aliphatic hydroxyl groups is 1. The molecule has 0 saturated heterocycles. The molecule has 1 N–H and O–H groups in total. The van der Waals surface area contributed by atoms with Crippen LogP contribution >= 0.6 is 0 Å². The van der Waals surface area contributed by atoms with Crippen LogP contribution in [0.4, 0.5) is 13.2 Å². The fourth-order valence-electron chi connectivity index (χ4n) is 0. The summed E-state index contributed by atoms with van der Waals surface area (Å²) in [6, 6.07) is 0. The topological polar surface area (TPSA) is 20.2 Å². The van der Waals surface area contributed by atoms with Gasteiger partial charge in [-0.15, -0.1) is 0 Å². The van der Waals surface area contributed by atoms with Gasteiger partial charge >= 0.3 is 43.9 Å². The van der Waals surface area contributed by atoms with E-state index in [1.807, 2.05) is 0 Å². The minimum atomic E-state index is -4.40. The number of hydrogen-bond donors (Lipinski definition) is 1. The van der Waals surface area contributed by atoms with E-state index >= 15 is 0 Å². The average Bonchev–Trinajstić information content (AvgIpc) is 1.35. The van der Waals surface area contributed by atoms with Crippen molar-refractivity contribution in [2.45, 2.75) is 6.18 Å². The molecule has 0 amide bonds. The Morgan fingerprint density at radius 3 is 1.43 bits per heavy atom. The van der Waals surface area contributed by atoms with E-state index in [4.69, 9.17) is 5.11 Å². The van der Waals surface area contributed by atoms with Crippen molar-refractivity contribution in [3.63, 3.8) is 0 Å². The zero-order valence-electron chi connectivity index (χ0n) is 2.79. The summed E-state index contributed by atoms with van der Waals surface area (Å²) in [7, 11) is 0. The predicted octanol–water partition coefficient (Wildman–Crippen LogP) is -0.375. The molecule has 0 aliphatic heterocycles. The molecule has 0 aromatic rings. The minimum absolute atomic E-state index is 0. The van der Waals surface area contributed by atoms with Gasteiger partial charge in [0.05, 0.1) is 0 Å². The van der Waals surface area contributed by atoms with Gasteiger partial charge in [0.15, 0.2) is 0 Å². The first kappa shape index (κ1) is 10.9. The summed E-state index contributed by atoms with van der Waals surface area (Å²) >= 11 is 0. The van der Waals surface area contributed by atoms with Crippen LogP contribution in [0, 0.1) is 0 Å². The normalized spacial score (nSPS) is 10.3. The molecule has 5 heteroatoms. The van der Waals surface area contributed by atoms with Crippen LogP contribution in [0.25, 0.3) is 0 Å². The van der Waals surface area contributed by atoms with Crippen LogP contribution in [0.15, 0.2) is 0 Å². The molecule has 0 aliphatic carbocycles. The quantitative estimate of drug-likeness (QED) is 0.457. The van der Waals surface area contributed by atoms with Crippen LogP contribution in [0.5, 0.6) is 0 Å². The van der Waals surface area contributed by atoms with Crippen molar-refractivity contribution in [1.82, 2.24) is 0 Å². The Balaban J connectivity index is 0. The maximum absolute atomic E-state index is 10.5. The number of halogens is 3. The van der Waals surface area contributed by atoms with Crippen molar-refractivity contribution < 1.29 is 18.3 Å². The van der Waals surface area contributed by atoms with E-state index in [1.165, 1.54) is 0 Å². The fourth-order valence-corrected chi connectivity index (χ4v) is 0. The second-order valence-corrected chi connectivity index (χ2v) is 0.773. The Morgan fingerprint density at radius 1 is 1.29 bits per heavy atom. The summed E-state index contributed by atoms with van der Waals surface area (Å²) in [4.78, 5) is 0. The summed E-state index contributed by atoms with van der Waals surface area (Å²) in [5.41, 5.74) is 0. The molecule has 0 spiro atoms. The van der Waals surface area contributed by atoms with Gasteiger partial charge in [-0.3, -0.25) is 0 Å². The van der Waals surface area contributed by atoms with Crippen molar-refractivity contribution in [2.24, 2.45) is 0 Å². The molecule has 7 heavy (non-hydrogen) atoms. The van der Waals surface area contributed by atoms with Gasteiger partial charge in [0.25, 0.3) is 0 Å². The van der Waals surface area contributed by atoms with Crippen molar-refractivity contribution in [1.29, 1.82) is 0 Å². The molecule has 0 radical (unpaired) electrons. The molecule has 0 unspecified atom stereocenters. The van der Waals surface area contributed by atoms with E-state index in [-0.39, 0.29) is 37.7 Å². The molecule has 0 aliphatic rings. The first-order valence-electron chi connectivity index (χ1n) is 1.24.